The molecule has 9 heteroatoms. The molecule has 0 saturated carbocycles. The van der Waals surface area contributed by atoms with Crippen LogP contribution in [-0.4, -0.2) is 23.9 Å². The Morgan fingerprint density at radius 3 is 2.53 bits per heavy atom. The second-order valence-electron chi connectivity index (χ2n) is 6.34. The van der Waals surface area contributed by atoms with Gasteiger partial charge < -0.3 is 14.1 Å². The summed E-state index contributed by atoms with van der Waals surface area (Å²) in [4.78, 5) is 25.3. The molecule has 0 fully saturated rings. The fourth-order valence-corrected chi connectivity index (χ4v) is 2.49. The predicted molar refractivity (Wildman–Crippen MR) is 103 cm³/mol. The van der Waals surface area contributed by atoms with Crippen molar-refractivity contribution in [3.05, 3.63) is 89.4 Å². The maximum absolute atomic E-state index is 13.7. The molecule has 3 rings (SSSR count). The number of furan rings is 1. The summed E-state index contributed by atoms with van der Waals surface area (Å²) in [7, 11) is 1.40. The molecular weight excluding hydrogens is 396 g/mol. The molecule has 0 aliphatic rings. The number of nitrogens with one attached hydrogen (secondary N) is 2. The van der Waals surface area contributed by atoms with E-state index in [0.29, 0.717) is 11.5 Å². The number of rotatable bonds is 6. The summed E-state index contributed by atoms with van der Waals surface area (Å²) in [5.74, 6) is -1.07. The van der Waals surface area contributed by atoms with E-state index in [4.69, 9.17) is 9.15 Å². The third-order valence-corrected chi connectivity index (χ3v) is 4.06. The number of nitrogens with zero attached hydrogens (tertiary/aromatic N) is 1. The van der Waals surface area contributed by atoms with E-state index in [0.717, 1.165) is 17.0 Å². The Morgan fingerprint density at radius 1 is 1.03 bits per heavy atom. The van der Waals surface area contributed by atoms with E-state index in [1.165, 1.54) is 19.2 Å². The minimum Gasteiger partial charge on any atom is -0.486 e. The lowest BCUT2D eigenvalue weighted by atomic mass is 10.2. The topological polar surface area (TPSA) is 83.8 Å². The molecule has 7 nitrogen and oxygen atoms in total. The van der Waals surface area contributed by atoms with Crippen molar-refractivity contribution in [2.45, 2.75) is 13.2 Å². The van der Waals surface area contributed by atoms with Crippen LogP contribution < -0.4 is 15.6 Å². The summed E-state index contributed by atoms with van der Waals surface area (Å²) in [6.45, 7) is 0.0190. The molecule has 1 aromatic heterocycles. The highest BCUT2D eigenvalue weighted by molar-refractivity contribution is 5.92. The molecule has 0 saturated heterocycles. The van der Waals surface area contributed by atoms with Crippen LogP contribution in [0, 0.1) is 11.6 Å². The van der Waals surface area contributed by atoms with Crippen LogP contribution in [-0.2, 0) is 13.2 Å². The molecule has 3 aromatic rings. The van der Waals surface area contributed by atoms with Crippen molar-refractivity contribution in [2.75, 3.05) is 7.05 Å². The summed E-state index contributed by atoms with van der Waals surface area (Å²) in [5, 5.41) is 0. The van der Waals surface area contributed by atoms with Gasteiger partial charge in [-0.05, 0) is 30.3 Å². The lowest BCUT2D eigenvalue weighted by Gasteiger charge is -2.18. The Bertz CT molecular complexity index is 1020. The first-order valence-corrected chi connectivity index (χ1v) is 8.94. The van der Waals surface area contributed by atoms with Crippen LogP contribution in [0.3, 0.4) is 0 Å². The van der Waals surface area contributed by atoms with Gasteiger partial charge in [0.2, 0.25) is 0 Å². The smallest absolute Gasteiger partial charge is 0.336 e. The number of carbonyl (C=O) groups excluding carboxylic acids is 2. The monoisotopic (exact) mass is 415 g/mol. The number of para-hydroxylation sites is 1. The molecule has 156 valence electrons. The van der Waals surface area contributed by atoms with Crippen LogP contribution in [0.25, 0.3) is 0 Å². The highest BCUT2D eigenvalue weighted by Crippen LogP contribution is 2.14. The Hall–Kier alpha value is -3.88. The van der Waals surface area contributed by atoms with Gasteiger partial charge >= 0.3 is 11.9 Å². The maximum atomic E-state index is 13.7. The van der Waals surface area contributed by atoms with Crippen LogP contribution in [0.5, 0.6) is 5.75 Å². The first-order valence-electron chi connectivity index (χ1n) is 8.94. The highest BCUT2D eigenvalue weighted by atomic mass is 19.1. The number of hydrogen-bond acceptors (Lipinski definition) is 4. The highest BCUT2D eigenvalue weighted by Gasteiger charge is 2.16. The second kappa shape index (κ2) is 9.55. The Labute approximate surface area is 171 Å². The van der Waals surface area contributed by atoms with Gasteiger partial charge in [-0.1, -0.05) is 24.3 Å². The minimum atomic E-state index is -0.764. The number of amides is 3. The molecule has 0 bridgehead atoms. The van der Waals surface area contributed by atoms with E-state index in [9.17, 15) is 18.4 Å². The number of carbonyl (C=O) groups is 2. The SMILES string of the molecule is CN(Cc1ccc(F)cc1F)C(=O)NNC(=O)c1ccc(COc2ccccc2)o1. The van der Waals surface area contributed by atoms with E-state index in [1.54, 1.807) is 18.2 Å². The molecule has 2 aromatic carbocycles. The van der Waals surface area contributed by atoms with Gasteiger partial charge in [0.05, 0.1) is 6.54 Å². The predicted octanol–water partition coefficient (Wildman–Crippen LogP) is 3.62. The van der Waals surface area contributed by atoms with Gasteiger partial charge in [0.15, 0.2) is 5.76 Å². The molecule has 30 heavy (non-hydrogen) atoms. The molecule has 0 unspecified atom stereocenters. The minimum absolute atomic E-state index is 0.0193. The fourth-order valence-electron chi connectivity index (χ4n) is 2.49. The number of hydrazine groups is 1. The first-order chi connectivity index (χ1) is 14.4. The van der Waals surface area contributed by atoms with Gasteiger partial charge in [0.1, 0.15) is 29.8 Å². The van der Waals surface area contributed by atoms with Crippen LogP contribution in [0.1, 0.15) is 21.9 Å². The van der Waals surface area contributed by atoms with Gasteiger partial charge in [0.25, 0.3) is 0 Å². The number of urea groups is 1. The molecular formula is C21H19F2N3O4. The number of ether oxygens (including phenoxy) is 1. The van der Waals surface area contributed by atoms with Gasteiger partial charge in [0, 0.05) is 18.7 Å². The van der Waals surface area contributed by atoms with Gasteiger partial charge in [-0.25, -0.2) is 19.0 Å². The summed E-state index contributed by atoms with van der Waals surface area (Å²) in [6.07, 6.45) is 0. The van der Waals surface area contributed by atoms with Crippen molar-refractivity contribution in [3.63, 3.8) is 0 Å². The fraction of sp³-hybridized carbons (Fsp3) is 0.143. The Balaban J connectivity index is 1.47. The van der Waals surface area contributed by atoms with E-state index in [2.05, 4.69) is 10.9 Å². The van der Waals surface area contributed by atoms with Crippen molar-refractivity contribution < 1.29 is 27.5 Å². The summed E-state index contributed by atoms with van der Waals surface area (Å²) in [6, 6.07) is 14.5. The average Bonchev–Trinajstić information content (AvgIpc) is 3.22. The molecule has 2 N–H and O–H groups in total. The van der Waals surface area contributed by atoms with Crippen molar-refractivity contribution in [1.82, 2.24) is 15.8 Å². The molecule has 0 atom stereocenters. The quantitative estimate of drug-likeness (QED) is 0.603. The van der Waals surface area contributed by atoms with Gasteiger partial charge in [-0.15, -0.1) is 0 Å². The zero-order chi connectivity index (χ0) is 21.5. The largest absolute Gasteiger partial charge is 0.486 e. The third-order valence-electron chi connectivity index (χ3n) is 4.06. The zero-order valence-electron chi connectivity index (χ0n) is 16.0. The number of hydrogen-bond donors (Lipinski definition) is 2. The number of halogens is 2. The van der Waals surface area contributed by atoms with Crippen LogP contribution in [0.2, 0.25) is 0 Å². The molecule has 1 heterocycles. The summed E-state index contributed by atoms with van der Waals surface area (Å²) in [5.41, 5.74) is 4.54. The lowest BCUT2D eigenvalue weighted by Crippen LogP contribution is -2.47. The van der Waals surface area contributed by atoms with Gasteiger partial charge in [-0.2, -0.15) is 0 Å². The molecule has 3 amide bonds. The van der Waals surface area contributed by atoms with Gasteiger partial charge in [-0.3, -0.25) is 10.2 Å². The van der Waals surface area contributed by atoms with Crippen LogP contribution in [0.15, 0.2) is 65.1 Å². The zero-order valence-corrected chi connectivity index (χ0v) is 16.0. The third kappa shape index (κ3) is 5.57. The van der Waals surface area contributed by atoms with E-state index < -0.39 is 23.6 Å². The lowest BCUT2D eigenvalue weighted by molar-refractivity contribution is 0.0899. The number of benzene rings is 2. The summed E-state index contributed by atoms with van der Waals surface area (Å²) < 4.78 is 37.6. The van der Waals surface area contributed by atoms with E-state index >= 15 is 0 Å². The van der Waals surface area contributed by atoms with Crippen molar-refractivity contribution in [2.24, 2.45) is 0 Å². The molecule has 0 spiro atoms. The molecule has 0 radical (unpaired) electrons. The Kier molecular flexibility index (Phi) is 6.63. The van der Waals surface area contributed by atoms with E-state index in [1.807, 2.05) is 18.2 Å². The summed E-state index contributed by atoms with van der Waals surface area (Å²) >= 11 is 0. The second-order valence-corrected chi connectivity index (χ2v) is 6.34. The molecule has 0 aliphatic carbocycles. The van der Waals surface area contributed by atoms with Crippen molar-refractivity contribution >= 4 is 11.9 Å². The first kappa shape index (κ1) is 20.8. The van der Waals surface area contributed by atoms with Crippen LogP contribution >= 0.6 is 0 Å². The van der Waals surface area contributed by atoms with E-state index in [-0.39, 0.29) is 24.5 Å². The maximum Gasteiger partial charge on any atom is 0.336 e. The molecule has 0 aliphatic heterocycles. The normalized spacial score (nSPS) is 10.4. The van der Waals surface area contributed by atoms with Crippen molar-refractivity contribution in [1.29, 1.82) is 0 Å². The Morgan fingerprint density at radius 2 is 1.80 bits per heavy atom. The standard InChI is InChI=1S/C21H19F2N3O4/c1-26(12-14-7-8-15(22)11-18(14)23)21(28)25-24-20(27)19-10-9-17(30-19)13-29-16-5-3-2-4-6-16/h2-11H,12-13H2,1H3,(H,24,27)(H,25,28). The van der Waals surface area contributed by atoms with Crippen LogP contribution in [0.4, 0.5) is 13.6 Å². The average molecular weight is 415 g/mol. The van der Waals surface area contributed by atoms with Crippen molar-refractivity contribution in [3.8, 4) is 5.75 Å².